The van der Waals surface area contributed by atoms with E-state index in [0.717, 1.165) is 27.6 Å². The number of nitrogens with zero attached hydrogens (tertiary/aromatic N) is 1. The molecule has 0 aliphatic rings. The molecule has 6 heteroatoms. The molecule has 5 nitrogen and oxygen atoms in total. The van der Waals surface area contributed by atoms with Gasteiger partial charge in [-0.3, -0.25) is 0 Å². The first-order valence-corrected chi connectivity index (χ1v) is 9.92. The van der Waals surface area contributed by atoms with Crippen LogP contribution in [0.4, 0.5) is 10.8 Å². The Balaban J connectivity index is 1.56. The lowest BCUT2D eigenvalue weighted by molar-refractivity contribution is 0.415. The van der Waals surface area contributed by atoms with Crippen LogP contribution in [0, 0.1) is 0 Å². The molecule has 0 radical (unpaired) electrons. The van der Waals surface area contributed by atoms with E-state index >= 15 is 0 Å². The van der Waals surface area contributed by atoms with Crippen LogP contribution in [0.25, 0.3) is 33.0 Å². The smallest absolute Gasteiger partial charge is 0.345 e. The van der Waals surface area contributed by atoms with Crippen molar-refractivity contribution in [2.24, 2.45) is 0 Å². The summed E-state index contributed by atoms with van der Waals surface area (Å²) in [6, 6.07) is 21.3. The minimum Gasteiger partial charge on any atom is -0.497 e. The number of benzene rings is 3. The van der Waals surface area contributed by atoms with E-state index in [1.165, 1.54) is 11.3 Å². The Bertz CT molecular complexity index is 1400. The molecule has 3 aromatic carbocycles. The monoisotopic (exact) mass is 400 g/mol. The van der Waals surface area contributed by atoms with Gasteiger partial charge in [0.1, 0.15) is 11.3 Å². The Morgan fingerprint density at radius 3 is 2.79 bits per heavy atom. The first-order valence-electron chi connectivity index (χ1n) is 9.04. The maximum atomic E-state index is 12.6. The topological polar surface area (TPSA) is 64.4 Å². The molecule has 0 saturated carbocycles. The predicted molar refractivity (Wildman–Crippen MR) is 117 cm³/mol. The van der Waals surface area contributed by atoms with Gasteiger partial charge in [-0.05, 0) is 35.0 Å². The van der Waals surface area contributed by atoms with Crippen LogP contribution >= 0.6 is 11.3 Å². The Morgan fingerprint density at radius 1 is 1.00 bits per heavy atom. The Labute approximate surface area is 170 Å². The minimum absolute atomic E-state index is 0.397. The highest BCUT2D eigenvalue weighted by atomic mass is 32.1. The molecule has 29 heavy (non-hydrogen) atoms. The number of methoxy groups -OCH3 is 1. The fourth-order valence-electron chi connectivity index (χ4n) is 3.33. The molecule has 0 aliphatic carbocycles. The van der Waals surface area contributed by atoms with E-state index in [1.807, 2.05) is 72.1 Å². The summed E-state index contributed by atoms with van der Waals surface area (Å²) in [6.45, 7) is 0. The van der Waals surface area contributed by atoms with Gasteiger partial charge in [-0.2, -0.15) is 0 Å². The number of aromatic nitrogens is 1. The van der Waals surface area contributed by atoms with Crippen LogP contribution in [0.15, 0.2) is 81.3 Å². The fourth-order valence-corrected chi connectivity index (χ4v) is 4.06. The van der Waals surface area contributed by atoms with Crippen molar-refractivity contribution in [1.29, 1.82) is 0 Å². The van der Waals surface area contributed by atoms with Crippen molar-refractivity contribution in [1.82, 2.24) is 4.98 Å². The highest BCUT2D eigenvalue weighted by molar-refractivity contribution is 7.14. The van der Waals surface area contributed by atoms with E-state index < -0.39 is 5.63 Å². The molecular formula is C23H16N2O3S. The van der Waals surface area contributed by atoms with Crippen LogP contribution in [0.2, 0.25) is 0 Å². The molecule has 0 unspecified atom stereocenters. The van der Waals surface area contributed by atoms with Gasteiger partial charge in [0.05, 0.1) is 18.4 Å². The molecule has 0 spiro atoms. The highest BCUT2D eigenvalue weighted by Gasteiger charge is 2.13. The predicted octanol–water partition coefficient (Wildman–Crippen LogP) is 5.82. The molecule has 2 heterocycles. The molecule has 0 bridgehead atoms. The van der Waals surface area contributed by atoms with Gasteiger partial charge >= 0.3 is 5.63 Å². The number of nitrogens with one attached hydrogen (secondary N) is 1. The third-order valence-corrected chi connectivity index (χ3v) is 5.50. The third kappa shape index (κ3) is 3.23. The molecule has 0 fully saturated rings. The van der Waals surface area contributed by atoms with Crippen LogP contribution in [-0.2, 0) is 0 Å². The molecule has 5 rings (SSSR count). The highest BCUT2D eigenvalue weighted by Crippen LogP contribution is 2.30. The van der Waals surface area contributed by atoms with Gasteiger partial charge in [0.2, 0.25) is 0 Å². The van der Waals surface area contributed by atoms with Crippen LogP contribution in [0.3, 0.4) is 0 Å². The summed E-state index contributed by atoms with van der Waals surface area (Å²) in [5, 5.41) is 8.82. The van der Waals surface area contributed by atoms with Gasteiger partial charge in [0.15, 0.2) is 5.13 Å². The van der Waals surface area contributed by atoms with Gasteiger partial charge in [0.25, 0.3) is 0 Å². The van der Waals surface area contributed by atoms with Crippen LogP contribution in [-0.4, -0.2) is 12.1 Å². The molecule has 1 N–H and O–H groups in total. The SMILES string of the molecule is COc1cccc(Nc2nc(-c3cc4c(ccc5ccccc54)oc3=O)cs2)c1. The second-order valence-corrected chi connectivity index (χ2v) is 7.40. The summed E-state index contributed by atoms with van der Waals surface area (Å²) in [6.07, 6.45) is 0. The van der Waals surface area contributed by atoms with Gasteiger partial charge in [-0.25, -0.2) is 9.78 Å². The van der Waals surface area contributed by atoms with Crippen molar-refractivity contribution in [3.8, 4) is 17.0 Å². The summed E-state index contributed by atoms with van der Waals surface area (Å²) in [5.41, 5.74) is 2.07. The van der Waals surface area contributed by atoms with E-state index in [2.05, 4.69) is 10.3 Å². The van der Waals surface area contributed by atoms with E-state index in [0.29, 0.717) is 22.0 Å². The molecule has 142 valence electrons. The van der Waals surface area contributed by atoms with Crippen molar-refractivity contribution in [2.75, 3.05) is 12.4 Å². The van der Waals surface area contributed by atoms with Crippen LogP contribution in [0.5, 0.6) is 5.75 Å². The van der Waals surface area contributed by atoms with Crippen molar-refractivity contribution in [2.45, 2.75) is 0 Å². The normalized spacial score (nSPS) is 11.1. The number of thiazole rings is 1. The van der Waals surface area contributed by atoms with E-state index in [4.69, 9.17) is 9.15 Å². The summed E-state index contributed by atoms with van der Waals surface area (Å²) in [7, 11) is 1.63. The van der Waals surface area contributed by atoms with Crippen molar-refractivity contribution in [3.05, 3.63) is 82.5 Å². The molecule has 5 aromatic rings. The Hall–Kier alpha value is -3.64. The molecular weight excluding hydrogens is 384 g/mol. The Kier molecular flexibility index (Phi) is 4.26. The van der Waals surface area contributed by atoms with Crippen molar-refractivity contribution >= 4 is 43.9 Å². The maximum absolute atomic E-state index is 12.6. The average Bonchev–Trinajstić information content (AvgIpc) is 3.21. The molecule has 0 saturated heterocycles. The summed E-state index contributed by atoms with van der Waals surface area (Å²) < 4.78 is 10.8. The third-order valence-electron chi connectivity index (χ3n) is 4.74. The number of rotatable bonds is 4. The zero-order valence-corrected chi connectivity index (χ0v) is 16.3. The summed E-state index contributed by atoms with van der Waals surface area (Å²) in [4.78, 5) is 17.2. The number of hydrogen-bond donors (Lipinski definition) is 1. The standard InChI is InChI=1S/C23H16N2O3S/c1-27-16-7-4-6-15(11-16)24-23-25-20(13-29-23)19-12-18-17-8-3-2-5-14(17)9-10-21(18)28-22(19)26/h2-13H,1H3,(H,24,25). The fraction of sp³-hybridized carbons (Fsp3) is 0.0435. The zero-order chi connectivity index (χ0) is 19.8. The molecule has 0 aliphatic heterocycles. The van der Waals surface area contributed by atoms with Gasteiger partial charge in [-0.1, -0.05) is 36.4 Å². The number of ether oxygens (including phenoxy) is 1. The quantitative estimate of drug-likeness (QED) is 0.304. The van der Waals surface area contributed by atoms with E-state index in [1.54, 1.807) is 7.11 Å². The second-order valence-electron chi connectivity index (χ2n) is 6.54. The van der Waals surface area contributed by atoms with Gasteiger partial charge in [-0.15, -0.1) is 11.3 Å². The lowest BCUT2D eigenvalue weighted by Gasteiger charge is -2.05. The second kappa shape index (κ2) is 7.07. The van der Waals surface area contributed by atoms with Crippen LogP contribution < -0.4 is 15.7 Å². The number of anilines is 2. The largest absolute Gasteiger partial charge is 0.497 e. The first kappa shape index (κ1) is 17.5. The number of hydrogen-bond acceptors (Lipinski definition) is 6. The summed E-state index contributed by atoms with van der Waals surface area (Å²) in [5.74, 6) is 0.758. The average molecular weight is 400 g/mol. The lowest BCUT2D eigenvalue weighted by Crippen LogP contribution is -2.03. The summed E-state index contributed by atoms with van der Waals surface area (Å²) >= 11 is 1.43. The van der Waals surface area contributed by atoms with Crippen molar-refractivity contribution in [3.63, 3.8) is 0 Å². The first-order chi connectivity index (χ1) is 14.2. The van der Waals surface area contributed by atoms with Crippen molar-refractivity contribution < 1.29 is 9.15 Å². The number of fused-ring (bicyclic) bond motifs is 3. The zero-order valence-electron chi connectivity index (χ0n) is 15.5. The molecule has 2 aromatic heterocycles. The Morgan fingerprint density at radius 2 is 1.90 bits per heavy atom. The molecule has 0 amide bonds. The molecule has 0 atom stereocenters. The maximum Gasteiger partial charge on any atom is 0.345 e. The van der Waals surface area contributed by atoms with Crippen LogP contribution in [0.1, 0.15) is 0 Å². The van der Waals surface area contributed by atoms with E-state index in [-0.39, 0.29) is 0 Å². The minimum atomic E-state index is -0.397. The van der Waals surface area contributed by atoms with Gasteiger partial charge in [0, 0.05) is 22.5 Å². The van der Waals surface area contributed by atoms with E-state index in [9.17, 15) is 4.79 Å². The van der Waals surface area contributed by atoms with Gasteiger partial charge < -0.3 is 14.5 Å². The lowest BCUT2D eigenvalue weighted by atomic mass is 10.0.